The topological polar surface area (TPSA) is 89.5 Å². The minimum Gasteiger partial charge on any atom is -0.493 e. The van der Waals surface area contributed by atoms with E-state index in [2.05, 4.69) is 4.72 Å². The summed E-state index contributed by atoms with van der Waals surface area (Å²) in [7, 11) is -1.02. The number of hydrogen-bond donors (Lipinski definition) is 1. The van der Waals surface area contributed by atoms with Gasteiger partial charge in [0.1, 0.15) is 4.90 Å². The molecule has 0 saturated carbocycles. The fraction of sp³-hybridized carbons (Fsp3) is 0.500. The summed E-state index contributed by atoms with van der Waals surface area (Å²) in [6.45, 7) is 3.51. The molecule has 1 aromatic carbocycles. The van der Waals surface area contributed by atoms with Crippen LogP contribution in [0.3, 0.4) is 0 Å². The highest BCUT2D eigenvalue weighted by atomic mass is 35.7. The molecule has 1 rings (SSSR count). The summed E-state index contributed by atoms with van der Waals surface area (Å²) < 4.78 is 54.4. The van der Waals surface area contributed by atoms with Crippen LogP contribution in [0.2, 0.25) is 0 Å². The Balaban J connectivity index is 3.34. The Morgan fingerprint density at radius 3 is 2.33 bits per heavy atom. The number of unbranched alkanes of at least 4 members (excludes halogenated alkanes) is 1. The molecule has 0 bridgehead atoms. The van der Waals surface area contributed by atoms with Crippen LogP contribution in [0.5, 0.6) is 5.75 Å². The van der Waals surface area contributed by atoms with Gasteiger partial charge in [0, 0.05) is 10.7 Å². The maximum Gasteiger partial charge on any atom is 0.265 e. The van der Waals surface area contributed by atoms with Crippen molar-refractivity contribution < 1.29 is 21.6 Å². The average molecular weight is 356 g/mol. The Hall–Kier alpha value is -0.990. The predicted octanol–water partition coefficient (Wildman–Crippen LogP) is 2.47. The normalized spacial score (nSPS) is 12.2. The van der Waals surface area contributed by atoms with Crippen molar-refractivity contribution >= 4 is 35.4 Å². The summed E-state index contributed by atoms with van der Waals surface area (Å²) in [4.78, 5) is -0.264. The largest absolute Gasteiger partial charge is 0.493 e. The Morgan fingerprint density at radius 2 is 1.86 bits per heavy atom. The van der Waals surface area contributed by atoms with Gasteiger partial charge in [0.2, 0.25) is 10.0 Å². The number of nitrogens with one attached hydrogen (secondary N) is 1. The highest BCUT2D eigenvalue weighted by Crippen LogP contribution is 2.36. The molecule has 0 aromatic heterocycles. The number of rotatable bonds is 7. The van der Waals surface area contributed by atoms with Crippen molar-refractivity contribution in [1.29, 1.82) is 0 Å². The van der Waals surface area contributed by atoms with Gasteiger partial charge in [-0.2, -0.15) is 0 Å². The van der Waals surface area contributed by atoms with E-state index in [9.17, 15) is 16.8 Å². The maximum atomic E-state index is 12.0. The molecule has 0 heterocycles. The van der Waals surface area contributed by atoms with Gasteiger partial charge >= 0.3 is 0 Å². The first-order chi connectivity index (χ1) is 9.60. The van der Waals surface area contributed by atoms with Crippen LogP contribution in [0, 0.1) is 6.92 Å². The van der Waals surface area contributed by atoms with Crippen molar-refractivity contribution in [2.24, 2.45) is 0 Å². The zero-order valence-electron chi connectivity index (χ0n) is 12.0. The van der Waals surface area contributed by atoms with E-state index >= 15 is 0 Å². The van der Waals surface area contributed by atoms with Gasteiger partial charge < -0.3 is 4.74 Å². The molecule has 0 aliphatic heterocycles. The number of ether oxygens (including phenoxy) is 1. The minimum atomic E-state index is -4.05. The van der Waals surface area contributed by atoms with Crippen LogP contribution < -0.4 is 9.46 Å². The lowest BCUT2D eigenvalue weighted by atomic mass is 10.2. The zero-order valence-corrected chi connectivity index (χ0v) is 14.4. The first-order valence-electron chi connectivity index (χ1n) is 6.24. The third kappa shape index (κ3) is 5.05. The van der Waals surface area contributed by atoms with Crippen molar-refractivity contribution in [3.05, 3.63) is 17.7 Å². The van der Waals surface area contributed by atoms with Gasteiger partial charge in [0.15, 0.2) is 5.75 Å². The summed E-state index contributed by atoms with van der Waals surface area (Å²) >= 11 is 0. The molecule has 0 unspecified atom stereocenters. The third-order valence-corrected chi connectivity index (χ3v) is 5.38. The van der Waals surface area contributed by atoms with E-state index in [1.807, 2.05) is 6.92 Å². The van der Waals surface area contributed by atoms with Gasteiger partial charge in [-0.05, 0) is 31.0 Å². The first kappa shape index (κ1) is 18.1. The maximum absolute atomic E-state index is 12.0. The number of sulfonamides is 1. The SMILES string of the molecule is CCCCS(=O)(=O)Nc1cc(C)cc(S(=O)(=O)Cl)c1OC. The highest BCUT2D eigenvalue weighted by molar-refractivity contribution is 8.13. The molecule has 21 heavy (non-hydrogen) atoms. The molecule has 1 N–H and O–H groups in total. The number of methoxy groups -OCH3 is 1. The molecule has 0 atom stereocenters. The van der Waals surface area contributed by atoms with E-state index in [0.717, 1.165) is 6.42 Å². The molecule has 0 saturated heterocycles. The van der Waals surface area contributed by atoms with Gasteiger partial charge in [0.05, 0.1) is 18.6 Å². The van der Waals surface area contributed by atoms with E-state index in [0.29, 0.717) is 12.0 Å². The van der Waals surface area contributed by atoms with Gasteiger partial charge in [-0.1, -0.05) is 13.3 Å². The second-order valence-electron chi connectivity index (χ2n) is 4.56. The van der Waals surface area contributed by atoms with Gasteiger partial charge in [0.25, 0.3) is 9.05 Å². The first-order valence-corrected chi connectivity index (χ1v) is 10.2. The fourth-order valence-electron chi connectivity index (χ4n) is 1.76. The molecule has 0 aliphatic carbocycles. The van der Waals surface area contributed by atoms with Crippen LogP contribution in [0.4, 0.5) is 5.69 Å². The molecule has 120 valence electrons. The summed E-state index contributed by atoms with van der Waals surface area (Å²) in [5.41, 5.74) is 0.607. The number of hydrogen-bond acceptors (Lipinski definition) is 5. The molecular formula is C12H18ClNO5S2. The molecule has 9 heteroatoms. The lowest BCUT2D eigenvalue weighted by Crippen LogP contribution is -2.17. The average Bonchev–Trinajstić information content (AvgIpc) is 2.34. The van der Waals surface area contributed by atoms with Crippen molar-refractivity contribution in [2.75, 3.05) is 17.6 Å². The van der Waals surface area contributed by atoms with E-state index < -0.39 is 19.1 Å². The van der Waals surface area contributed by atoms with Crippen LogP contribution in [-0.4, -0.2) is 29.7 Å². The van der Waals surface area contributed by atoms with Crippen molar-refractivity contribution in [3.63, 3.8) is 0 Å². The zero-order chi connectivity index (χ0) is 16.3. The van der Waals surface area contributed by atoms with Crippen molar-refractivity contribution in [3.8, 4) is 5.75 Å². The second-order valence-corrected chi connectivity index (χ2v) is 8.93. The molecule has 6 nitrogen and oxygen atoms in total. The summed E-state index contributed by atoms with van der Waals surface area (Å²) in [6.07, 6.45) is 1.23. The van der Waals surface area contributed by atoms with Gasteiger partial charge in [-0.25, -0.2) is 16.8 Å². The highest BCUT2D eigenvalue weighted by Gasteiger charge is 2.23. The standard InChI is InChI=1S/C12H18ClNO5S2/c1-4-5-6-20(15,16)14-10-7-9(2)8-11(12(10)19-3)21(13,17)18/h7-8,14H,4-6H2,1-3H3. The predicted molar refractivity (Wildman–Crippen MR) is 83.1 cm³/mol. The van der Waals surface area contributed by atoms with E-state index in [4.69, 9.17) is 15.4 Å². The van der Waals surface area contributed by atoms with Crippen molar-refractivity contribution in [2.45, 2.75) is 31.6 Å². The summed E-state index contributed by atoms with van der Waals surface area (Å²) in [5.74, 6) is -0.167. The molecule has 0 aliphatic rings. The Bertz CT molecular complexity index is 713. The lowest BCUT2D eigenvalue weighted by Gasteiger charge is -2.15. The monoisotopic (exact) mass is 355 g/mol. The van der Waals surface area contributed by atoms with Crippen LogP contribution in [0.15, 0.2) is 17.0 Å². The number of halogens is 1. The van der Waals surface area contributed by atoms with Crippen LogP contribution in [0.1, 0.15) is 25.3 Å². The number of benzene rings is 1. The van der Waals surface area contributed by atoms with Crippen LogP contribution >= 0.6 is 10.7 Å². The fourth-order valence-corrected chi connectivity index (χ4v) is 4.10. The molecule has 1 aromatic rings. The summed E-state index contributed by atoms with van der Waals surface area (Å²) in [5, 5.41) is 0. The van der Waals surface area contributed by atoms with E-state index in [1.165, 1.54) is 19.2 Å². The molecule has 0 fully saturated rings. The van der Waals surface area contributed by atoms with E-state index in [1.54, 1.807) is 6.92 Å². The number of aryl methyl sites for hydroxylation is 1. The van der Waals surface area contributed by atoms with Gasteiger partial charge in [-0.15, -0.1) is 0 Å². The Labute approximate surface area is 129 Å². The van der Waals surface area contributed by atoms with Crippen molar-refractivity contribution in [1.82, 2.24) is 0 Å². The number of anilines is 1. The quantitative estimate of drug-likeness (QED) is 0.759. The molecule has 0 amide bonds. The van der Waals surface area contributed by atoms with Gasteiger partial charge in [-0.3, -0.25) is 4.72 Å². The smallest absolute Gasteiger partial charge is 0.265 e. The second kappa shape index (κ2) is 6.85. The van der Waals surface area contributed by atoms with Crippen LogP contribution in [0.25, 0.3) is 0 Å². The molecular weight excluding hydrogens is 338 g/mol. The molecule has 0 radical (unpaired) electrons. The Morgan fingerprint density at radius 1 is 1.24 bits per heavy atom. The third-order valence-electron chi connectivity index (χ3n) is 2.70. The lowest BCUT2D eigenvalue weighted by molar-refractivity contribution is 0.405. The molecule has 0 spiro atoms. The van der Waals surface area contributed by atoms with Crippen LogP contribution in [-0.2, 0) is 19.1 Å². The minimum absolute atomic E-state index is 0.0520. The Kier molecular flexibility index (Phi) is 5.89. The van der Waals surface area contributed by atoms with E-state index in [-0.39, 0.29) is 22.1 Å². The summed E-state index contributed by atoms with van der Waals surface area (Å²) in [6, 6.07) is 2.82.